The van der Waals surface area contributed by atoms with Gasteiger partial charge in [-0.25, -0.2) is 4.98 Å². The van der Waals surface area contributed by atoms with Crippen molar-refractivity contribution in [1.82, 2.24) is 10.3 Å². The summed E-state index contributed by atoms with van der Waals surface area (Å²) < 4.78 is 0.256. The summed E-state index contributed by atoms with van der Waals surface area (Å²) in [6.45, 7) is 0.729. The zero-order valence-electron chi connectivity index (χ0n) is 9.70. The molecule has 1 saturated carbocycles. The number of thioether (sulfide) groups is 1. The summed E-state index contributed by atoms with van der Waals surface area (Å²) in [6.07, 6.45) is 7.29. The van der Waals surface area contributed by atoms with Crippen LogP contribution in [0.4, 0.5) is 0 Å². The van der Waals surface area contributed by atoms with Gasteiger partial charge >= 0.3 is 0 Å². The van der Waals surface area contributed by atoms with E-state index in [-0.39, 0.29) is 10.7 Å². The zero-order valence-corrected chi connectivity index (χ0v) is 11.3. The molecule has 0 bridgehead atoms. The van der Waals surface area contributed by atoms with E-state index in [1.807, 2.05) is 11.8 Å². The molecule has 2 rings (SSSR count). The molecule has 17 heavy (non-hydrogen) atoms. The number of rotatable bonds is 4. The predicted octanol–water partition coefficient (Wildman–Crippen LogP) is 2.75. The fourth-order valence-corrected chi connectivity index (χ4v) is 3.00. The van der Waals surface area contributed by atoms with Crippen LogP contribution in [-0.2, 0) is 0 Å². The Morgan fingerprint density at radius 1 is 1.65 bits per heavy atom. The average molecular weight is 271 g/mol. The monoisotopic (exact) mass is 270 g/mol. The van der Waals surface area contributed by atoms with Gasteiger partial charge in [-0.15, -0.1) is 0 Å². The molecule has 92 valence electrons. The Labute approximate surface area is 110 Å². The van der Waals surface area contributed by atoms with Crippen LogP contribution in [0.1, 0.15) is 29.6 Å². The molecule has 1 aromatic heterocycles. The second kappa shape index (κ2) is 5.27. The summed E-state index contributed by atoms with van der Waals surface area (Å²) in [5, 5.41) is 3.32. The number of carbonyl (C=O) groups excluding carboxylic acids is 1. The van der Waals surface area contributed by atoms with Crippen LogP contribution in [0, 0.1) is 0 Å². The van der Waals surface area contributed by atoms with Gasteiger partial charge in [-0.3, -0.25) is 4.79 Å². The number of halogens is 1. The van der Waals surface area contributed by atoms with Gasteiger partial charge in [0.2, 0.25) is 0 Å². The highest BCUT2D eigenvalue weighted by Gasteiger charge is 2.36. The maximum absolute atomic E-state index is 11.9. The SMILES string of the molecule is CSC1(CNC(=O)c2ccnc(Cl)c2)CCC1. The smallest absolute Gasteiger partial charge is 0.251 e. The molecule has 5 heteroatoms. The molecular formula is C12H15ClN2OS. The summed E-state index contributed by atoms with van der Waals surface area (Å²) in [5.41, 5.74) is 0.570. The van der Waals surface area contributed by atoms with Crippen molar-refractivity contribution in [2.24, 2.45) is 0 Å². The number of aromatic nitrogens is 1. The van der Waals surface area contributed by atoms with Gasteiger partial charge in [0, 0.05) is 23.1 Å². The Morgan fingerprint density at radius 3 is 2.94 bits per heavy atom. The topological polar surface area (TPSA) is 42.0 Å². The average Bonchev–Trinajstić information content (AvgIpc) is 2.28. The van der Waals surface area contributed by atoms with Gasteiger partial charge in [0.15, 0.2) is 0 Å². The first-order chi connectivity index (χ1) is 8.15. The highest BCUT2D eigenvalue weighted by atomic mass is 35.5. The van der Waals surface area contributed by atoms with E-state index in [1.165, 1.54) is 19.3 Å². The third-order valence-electron chi connectivity index (χ3n) is 3.26. The van der Waals surface area contributed by atoms with E-state index in [9.17, 15) is 4.79 Å². The van der Waals surface area contributed by atoms with E-state index in [4.69, 9.17) is 11.6 Å². The Hall–Kier alpha value is -0.740. The van der Waals surface area contributed by atoms with Gasteiger partial charge in [0.05, 0.1) is 0 Å². The molecule has 1 heterocycles. The highest BCUT2D eigenvalue weighted by Crippen LogP contribution is 2.42. The van der Waals surface area contributed by atoms with Crippen molar-refractivity contribution in [1.29, 1.82) is 0 Å². The van der Waals surface area contributed by atoms with Gasteiger partial charge in [0.1, 0.15) is 5.15 Å². The third kappa shape index (κ3) is 2.93. The van der Waals surface area contributed by atoms with Crippen LogP contribution >= 0.6 is 23.4 Å². The van der Waals surface area contributed by atoms with E-state index >= 15 is 0 Å². The molecule has 1 fully saturated rings. The Balaban J connectivity index is 1.93. The molecule has 0 spiro atoms. The van der Waals surface area contributed by atoms with Gasteiger partial charge in [-0.1, -0.05) is 18.0 Å². The van der Waals surface area contributed by atoms with Crippen molar-refractivity contribution in [3.8, 4) is 0 Å². The van der Waals surface area contributed by atoms with Gasteiger partial charge < -0.3 is 5.32 Å². The molecule has 1 aliphatic rings. The summed E-state index contributed by atoms with van der Waals surface area (Å²) in [7, 11) is 0. The Morgan fingerprint density at radius 2 is 2.41 bits per heavy atom. The van der Waals surface area contributed by atoms with Crippen LogP contribution in [0.5, 0.6) is 0 Å². The second-order valence-corrected chi connectivity index (χ2v) is 5.95. The summed E-state index contributed by atoms with van der Waals surface area (Å²) in [4.78, 5) is 15.7. The Kier molecular flexibility index (Phi) is 3.94. The predicted molar refractivity (Wildman–Crippen MR) is 71.7 cm³/mol. The fourth-order valence-electron chi connectivity index (χ4n) is 1.91. The molecule has 3 nitrogen and oxygen atoms in total. The molecule has 0 unspecified atom stereocenters. The molecule has 0 aromatic carbocycles. The number of carbonyl (C=O) groups is 1. The van der Waals surface area contributed by atoms with Crippen LogP contribution in [-0.4, -0.2) is 28.4 Å². The quantitative estimate of drug-likeness (QED) is 0.856. The molecule has 0 atom stereocenters. The van der Waals surface area contributed by atoms with Gasteiger partial charge in [0.25, 0.3) is 5.91 Å². The number of hydrogen-bond donors (Lipinski definition) is 1. The van der Waals surface area contributed by atoms with Crippen molar-refractivity contribution >= 4 is 29.3 Å². The van der Waals surface area contributed by atoms with Gasteiger partial charge in [-0.05, 0) is 31.2 Å². The Bertz CT molecular complexity index is 415. The molecule has 1 amide bonds. The lowest BCUT2D eigenvalue weighted by Crippen LogP contribution is -2.45. The maximum atomic E-state index is 11.9. The lowest BCUT2D eigenvalue weighted by Gasteiger charge is -2.40. The molecule has 0 radical (unpaired) electrons. The van der Waals surface area contributed by atoms with Crippen LogP contribution in [0.25, 0.3) is 0 Å². The van der Waals surface area contributed by atoms with Crippen LogP contribution in [0.15, 0.2) is 18.3 Å². The van der Waals surface area contributed by atoms with Crippen LogP contribution in [0.3, 0.4) is 0 Å². The van der Waals surface area contributed by atoms with Gasteiger partial charge in [-0.2, -0.15) is 11.8 Å². The largest absolute Gasteiger partial charge is 0.351 e. The lowest BCUT2D eigenvalue weighted by molar-refractivity contribution is 0.0944. The molecule has 1 aliphatic carbocycles. The zero-order chi connectivity index (χ0) is 12.3. The van der Waals surface area contributed by atoms with Crippen molar-refractivity contribution in [2.45, 2.75) is 24.0 Å². The summed E-state index contributed by atoms with van der Waals surface area (Å²) in [6, 6.07) is 3.26. The first kappa shape index (κ1) is 12.7. The lowest BCUT2D eigenvalue weighted by atomic mass is 9.84. The minimum atomic E-state index is -0.0744. The van der Waals surface area contributed by atoms with Crippen molar-refractivity contribution in [2.75, 3.05) is 12.8 Å². The van der Waals surface area contributed by atoms with Crippen LogP contribution in [0.2, 0.25) is 5.15 Å². The standard InChI is InChI=1S/C12H15ClN2OS/c1-17-12(4-2-5-12)8-15-11(16)9-3-6-14-10(13)7-9/h3,6-7H,2,4-5,8H2,1H3,(H,15,16). The van der Waals surface area contributed by atoms with Crippen LogP contribution < -0.4 is 5.32 Å². The first-order valence-electron chi connectivity index (χ1n) is 5.60. The maximum Gasteiger partial charge on any atom is 0.251 e. The number of pyridine rings is 1. The minimum absolute atomic E-state index is 0.0744. The normalized spacial score (nSPS) is 17.3. The third-order valence-corrected chi connectivity index (χ3v) is 4.88. The first-order valence-corrected chi connectivity index (χ1v) is 7.20. The fraction of sp³-hybridized carbons (Fsp3) is 0.500. The number of hydrogen-bond acceptors (Lipinski definition) is 3. The molecule has 1 aromatic rings. The van der Waals surface area contributed by atoms with E-state index in [1.54, 1.807) is 18.3 Å². The van der Waals surface area contributed by atoms with E-state index in [0.717, 1.165) is 6.54 Å². The summed E-state index contributed by atoms with van der Waals surface area (Å²) >= 11 is 7.60. The molecule has 0 aliphatic heterocycles. The number of amides is 1. The van der Waals surface area contributed by atoms with Crippen molar-refractivity contribution < 1.29 is 4.79 Å². The number of nitrogens with zero attached hydrogens (tertiary/aromatic N) is 1. The molecule has 1 N–H and O–H groups in total. The van der Waals surface area contributed by atoms with Crippen molar-refractivity contribution in [3.63, 3.8) is 0 Å². The number of nitrogens with one attached hydrogen (secondary N) is 1. The molecule has 0 saturated heterocycles. The molecular weight excluding hydrogens is 256 g/mol. The van der Waals surface area contributed by atoms with Crippen molar-refractivity contribution in [3.05, 3.63) is 29.0 Å². The summed E-state index contributed by atoms with van der Waals surface area (Å²) in [5.74, 6) is -0.0744. The second-order valence-electron chi connectivity index (χ2n) is 4.29. The highest BCUT2D eigenvalue weighted by molar-refractivity contribution is 8.00. The minimum Gasteiger partial charge on any atom is -0.351 e. The van der Waals surface area contributed by atoms with E-state index < -0.39 is 0 Å². The van der Waals surface area contributed by atoms with E-state index in [0.29, 0.717) is 10.7 Å². The van der Waals surface area contributed by atoms with E-state index in [2.05, 4.69) is 16.6 Å².